The molecule has 9 heteroatoms. The normalized spacial score (nSPS) is 10.9. The number of nitrogens with zero attached hydrogens (tertiary/aromatic N) is 3. The van der Waals surface area contributed by atoms with E-state index in [9.17, 15) is 9.59 Å². The van der Waals surface area contributed by atoms with Gasteiger partial charge >= 0.3 is 0 Å². The molecule has 0 aliphatic heterocycles. The van der Waals surface area contributed by atoms with Crippen molar-refractivity contribution in [1.82, 2.24) is 19.6 Å². The van der Waals surface area contributed by atoms with Crippen LogP contribution in [0, 0.1) is 6.92 Å². The maximum atomic E-state index is 12.4. The summed E-state index contributed by atoms with van der Waals surface area (Å²) in [5.41, 5.74) is 2.77. The molecule has 2 aromatic heterocycles. The van der Waals surface area contributed by atoms with Crippen LogP contribution in [0.1, 0.15) is 5.56 Å². The molecule has 0 aliphatic carbocycles. The van der Waals surface area contributed by atoms with Crippen LogP contribution in [0.4, 0.5) is 5.69 Å². The molecule has 152 valence electrons. The number of hydrogen-bond acceptors (Lipinski definition) is 6. The van der Waals surface area contributed by atoms with Crippen molar-refractivity contribution < 1.29 is 9.53 Å². The second-order valence-corrected chi connectivity index (χ2v) is 7.52. The number of carbonyl (C=O) groups excluding carboxylic acids is 1. The Labute approximate surface area is 176 Å². The molecule has 2 aromatic carbocycles. The van der Waals surface area contributed by atoms with Gasteiger partial charge in [-0.1, -0.05) is 29.5 Å². The maximum Gasteiger partial charge on any atom is 0.266 e. The molecular formula is C21H19N5O3S. The summed E-state index contributed by atoms with van der Waals surface area (Å²) >= 11 is 1.22. The van der Waals surface area contributed by atoms with Gasteiger partial charge in [0.2, 0.25) is 5.91 Å². The van der Waals surface area contributed by atoms with Crippen LogP contribution in [0.25, 0.3) is 17.0 Å². The van der Waals surface area contributed by atoms with Gasteiger partial charge in [-0.2, -0.15) is 0 Å². The van der Waals surface area contributed by atoms with Gasteiger partial charge in [0.25, 0.3) is 5.56 Å². The standard InChI is InChI=1S/C21H19N5O3S/c1-13-3-7-15(8-4-13)22-19(28)12-30-21-24-20(14-5-9-16(29-2)10-6-14)23-17-11-18(27)25-26(17)21/h3-11H,12H2,1-2H3,(H,22,28)(H,25,27). The van der Waals surface area contributed by atoms with Gasteiger partial charge in [-0.25, -0.2) is 14.5 Å². The number of hydrogen-bond donors (Lipinski definition) is 2. The molecule has 1 amide bonds. The van der Waals surface area contributed by atoms with Gasteiger partial charge in [-0.05, 0) is 43.3 Å². The van der Waals surface area contributed by atoms with Crippen molar-refractivity contribution in [2.45, 2.75) is 12.1 Å². The Bertz CT molecular complexity index is 1250. The second kappa shape index (κ2) is 8.42. The van der Waals surface area contributed by atoms with Crippen LogP contribution >= 0.6 is 11.8 Å². The average molecular weight is 421 g/mol. The van der Waals surface area contributed by atoms with E-state index in [1.54, 1.807) is 7.11 Å². The van der Waals surface area contributed by atoms with Gasteiger partial charge in [-0.3, -0.25) is 14.7 Å². The number of fused-ring (bicyclic) bond motifs is 1. The number of anilines is 1. The fraction of sp³-hybridized carbons (Fsp3) is 0.143. The number of rotatable bonds is 6. The maximum absolute atomic E-state index is 12.4. The van der Waals surface area contributed by atoms with Gasteiger partial charge in [0.05, 0.1) is 12.9 Å². The first-order valence-corrected chi connectivity index (χ1v) is 10.1. The second-order valence-electron chi connectivity index (χ2n) is 6.58. The number of aromatic amines is 1. The van der Waals surface area contributed by atoms with Gasteiger partial charge in [0.15, 0.2) is 16.6 Å². The molecule has 0 aliphatic rings. The van der Waals surface area contributed by atoms with Gasteiger partial charge in [0, 0.05) is 17.3 Å². The molecule has 4 aromatic rings. The number of carbonyl (C=O) groups is 1. The Kier molecular flexibility index (Phi) is 5.53. The minimum Gasteiger partial charge on any atom is -0.497 e. The number of ether oxygens (including phenoxy) is 1. The molecule has 0 saturated heterocycles. The van der Waals surface area contributed by atoms with Crippen molar-refractivity contribution in [1.29, 1.82) is 0 Å². The number of benzene rings is 2. The molecule has 8 nitrogen and oxygen atoms in total. The summed E-state index contributed by atoms with van der Waals surface area (Å²) < 4.78 is 6.67. The molecule has 0 unspecified atom stereocenters. The SMILES string of the molecule is COc1ccc(-c2nc(SCC(=O)Nc3ccc(C)cc3)n3[nH]c(=O)cc3n2)cc1. The van der Waals surface area contributed by atoms with Gasteiger partial charge in [-0.15, -0.1) is 0 Å². The Morgan fingerprint density at radius 3 is 2.57 bits per heavy atom. The van der Waals surface area contributed by atoms with Crippen LogP contribution in [-0.2, 0) is 4.79 Å². The molecule has 2 heterocycles. The van der Waals surface area contributed by atoms with E-state index in [1.165, 1.54) is 22.3 Å². The van der Waals surface area contributed by atoms with Crippen molar-refractivity contribution in [3.8, 4) is 17.1 Å². The number of methoxy groups -OCH3 is 1. The highest BCUT2D eigenvalue weighted by Crippen LogP contribution is 2.23. The lowest BCUT2D eigenvalue weighted by Crippen LogP contribution is -2.15. The van der Waals surface area contributed by atoms with Crippen molar-refractivity contribution in [2.24, 2.45) is 0 Å². The summed E-state index contributed by atoms with van der Waals surface area (Å²) in [7, 11) is 1.60. The highest BCUT2D eigenvalue weighted by Gasteiger charge is 2.13. The van der Waals surface area contributed by atoms with E-state index < -0.39 is 0 Å². The van der Waals surface area contributed by atoms with E-state index in [0.717, 1.165) is 22.6 Å². The highest BCUT2D eigenvalue weighted by molar-refractivity contribution is 7.99. The van der Waals surface area contributed by atoms with Crippen molar-refractivity contribution in [3.63, 3.8) is 0 Å². The summed E-state index contributed by atoms with van der Waals surface area (Å²) in [4.78, 5) is 33.2. The average Bonchev–Trinajstić information content (AvgIpc) is 3.14. The topological polar surface area (TPSA) is 101 Å². The molecule has 30 heavy (non-hydrogen) atoms. The smallest absolute Gasteiger partial charge is 0.266 e. The lowest BCUT2D eigenvalue weighted by atomic mass is 10.2. The number of amides is 1. The Hall–Kier alpha value is -3.59. The molecule has 0 fully saturated rings. The van der Waals surface area contributed by atoms with E-state index in [2.05, 4.69) is 20.4 Å². The largest absolute Gasteiger partial charge is 0.497 e. The third-order valence-corrected chi connectivity index (χ3v) is 5.28. The Morgan fingerprint density at radius 1 is 1.13 bits per heavy atom. The minimum atomic E-state index is -0.290. The van der Waals surface area contributed by atoms with Crippen LogP contribution in [-0.4, -0.2) is 38.4 Å². The van der Waals surface area contributed by atoms with Crippen LogP contribution in [0.2, 0.25) is 0 Å². The van der Waals surface area contributed by atoms with Crippen LogP contribution in [0.3, 0.4) is 0 Å². The lowest BCUT2D eigenvalue weighted by Gasteiger charge is -2.08. The van der Waals surface area contributed by atoms with Crippen molar-refractivity contribution in [2.75, 3.05) is 18.2 Å². The molecule has 0 spiro atoms. The highest BCUT2D eigenvalue weighted by atomic mass is 32.2. The van der Waals surface area contributed by atoms with E-state index in [-0.39, 0.29) is 17.2 Å². The summed E-state index contributed by atoms with van der Waals surface area (Å²) in [6, 6.07) is 16.3. The fourth-order valence-electron chi connectivity index (χ4n) is 2.81. The minimum absolute atomic E-state index is 0.127. The number of thioether (sulfide) groups is 1. The molecule has 0 radical (unpaired) electrons. The molecule has 4 rings (SSSR count). The zero-order valence-corrected chi connectivity index (χ0v) is 17.2. The van der Waals surface area contributed by atoms with Crippen molar-refractivity contribution in [3.05, 3.63) is 70.5 Å². The van der Waals surface area contributed by atoms with Crippen LogP contribution in [0.15, 0.2) is 64.5 Å². The molecule has 0 saturated carbocycles. The van der Waals surface area contributed by atoms with E-state index in [4.69, 9.17) is 4.74 Å². The summed E-state index contributed by atoms with van der Waals surface area (Å²) in [5.74, 6) is 1.14. The fourth-order valence-corrected chi connectivity index (χ4v) is 3.57. The summed E-state index contributed by atoms with van der Waals surface area (Å²) in [5, 5.41) is 5.99. The molecule has 2 N–H and O–H groups in total. The third kappa shape index (κ3) is 4.36. The first-order chi connectivity index (χ1) is 14.5. The third-order valence-electron chi connectivity index (χ3n) is 4.34. The summed E-state index contributed by atoms with van der Waals surface area (Å²) in [6.45, 7) is 1.99. The first-order valence-electron chi connectivity index (χ1n) is 9.15. The van der Waals surface area contributed by atoms with E-state index in [0.29, 0.717) is 16.6 Å². The quantitative estimate of drug-likeness (QED) is 0.464. The molecular weight excluding hydrogens is 402 g/mol. The first kappa shape index (κ1) is 19.7. The lowest BCUT2D eigenvalue weighted by molar-refractivity contribution is -0.113. The molecule has 0 bridgehead atoms. The zero-order chi connectivity index (χ0) is 21.1. The van der Waals surface area contributed by atoms with Crippen LogP contribution < -0.4 is 15.6 Å². The predicted octanol–water partition coefficient (Wildman–Crippen LogP) is 3.13. The van der Waals surface area contributed by atoms with Gasteiger partial charge < -0.3 is 10.1 Å². The Morgan fingerprint density at radius 2 is 1.87 bits per heavy atom. The number of aryl methyl sites for hydroxylation is 1. The number of nitrogens with one attached hydrogen (secondary N) is 2. The van der Waals surface area contributed by atoms with Crippen molar-refractivity contribution >= 4 is 29.0 Å². The monoisotopic (exact) mass is 421 g/mol. The zero-order valence-electron chi connectivity index (χ0n) is 16.4. The number of aromatic nitrogens is 4. The Balaban J connectivity index is 1.58. The van der Waals surface area contributed by atoms with Crippen LogP contribution in [0.5, 0.6) is 5.75 Å². The van der Waals surface area contributed by atoms with E-state index in [1.807, 2.05) is 55.5 Å². The molecule has 0 atom stereocenters. The predicted molar refractivity (Wildman–Crippen MR) is 116 cm³/mol. The van der Waals surface area contributed by atoms with E-state index >= 15 is 0 Å². The van der Waals surface area contributed by atoms with Gasteiger partial charge in [0.1, 0.15) is 5.75 Å². The number of H-pyrrole nitrogens is 1. The summed E-state index contributed by atoms with van der Waals surface area (Å²) in [6.07, 6.45) is 0.